The summed E-state index contributed by atoms with van der Waals surface area (Å²) in [5, 5.41) is 10.3. The SMILES string of the molecule is CC(CNC(=O)OC(C)(C)C)CNc1ccc(-c2ncn(C)n2)cn1. The maximum absolute atomic E-state index is 11.6. The zero-order chi connectivity index (χ0) is 18.4. The van der Waals surface area contributed by atoms with Crippen LogP contribution in [0.25, 0.3) is 11.4 Å². The van der Waals surface area contributed by atoms with E-state index < -0.39 is 11.7 Å². The Labute approximate surface area is 148 Å². The fourth-order valence-electron chi connectivity index (χ4n) is 2.02. The topological polar surface area (TPSA) is 94.0 Å². The number of carbonyl (C=O) groups is 1. The molecule has 0 fully saturated rings. The van der Waals surface area contributed by atoms with Crippen LogP contribution in [0.2, 0.25) is 0 Å². The van der Waals surface area contributed by atoms with Gasteiger partial charge in [0.1, 0.15) is 17.7 Å². The van der Waals surface area contributed by atoms with Gasteiger partial charge in [-0.05, 0) is 38.8 Å². The van der Waals surface area contributed by atoms with Crippen LogP contribution in [0.1, 0.15) is 27.7 Å². The molecule has 0 aromatic carbocycles. The zero-order valence-electron chi connectivity index (χ0n) is 15.4. The highest BCUT2D eigenvalue weighted by Crippen LogP contribution is 2.15. The minimum absolute atomic E-state index is 0.228. The largest absolute Gasteiger partial charge is 0.444 e. The summed E-state index contributed by atoms with van der Waals surface area (Å²) in [6, 6.07) is 3.81. The number of carbonyl (C=O) groups excluding carboxylic acids is 1. The lowest BCUT2D eigenvalue weighted by Gasteiger charge is -2.21. The van der Waals surface area contributed by atoms with E-state index in [0.29, 0.717) is 18.9 Å². The molecule has 8 nitrogen and oxygen atoms in total. The summed E-state index contributed by atoms with van der Waals surface area (Å²) >= 11 is 0. The molecule has 1 amide bonds. The average molecular weight is 346 g/mol. The Kier molecular flexibility index (Phi) is 5.95. The van der Waals surface area contributed by atoms with Crippen LogP contribution >= 0.6 is 0 Å². The molecule has 0 aliphatic carbocycles. The summed E-state index contributed by atoms with van der Waals surface area (Å²) in [7, 11) is 1.83. The summed E-state index contributed by atoms with van der Waals surface area (Å²) in [5.74, 6) is 1.65. The van der Waals surface area contributed by atoms with Gasteiger partial charge < -0.3 is 15.4 Å². The van der Waals surface area contributed by atoms with Crippen LogP contribution in [0.15, 0.2) is 24.7 Å². The smallest absolute Gasteiger partial charge is 0.407 e. The van der Waals surface area contributed by atoms with Gasteiger partial charge in [-0.3, -0.25) is 4.68 Å². The minimum atomic E-state index is -0.486. The van der Waals surface area contributed by atoms with Crippen molar-refractivity contribution < 1.29 is 9.53 Å². The summed E-state index contributed by atoms with van der Waals surface area (Å²) in [4.78, 5) is 20.2. The summed E-state index contributed by atoms with van der Waals surface area (Å²) in [6.07, 6.45) is 2.99. The lowest BCUT2D eigenvalue weighted by molar-refractivity contribution is 0.0521. The molecule has 0 saturated carbocycles. The quantitative estimate of drug-likeness (QED) is 0.834. The van der Waals surface area contributed by atoms with Crippen LogP contribution in [0.3, 0.4) is 0 Å². The molecule has 136 valence electrons. The predicted octanol–water partition coefficient (Wildman–Crippen LogP) is 2.45. The van der Waals surface area contributed by atoms with Gasteiger partial charge in [0.15, 0.2) is 5.82 Å². The Hall–Kier alpha value is -2.64. The number of ether oxygens (including phenoxy) is 1. The molecule has 0 aliphatic rings. The van der Waals surface area contributed by atoms with E-state index in [2.05, 4.69) is 25.7 Å². The van der Waals surface area contributed by atoms with E-state index in [1.54, 1.807) is 17.2 Å². The molecule has 2 aromatic heterocycles. The Balaban J connectivity index is 1.76. The second kappa shape index (κ2) is 7.96. The van der Waals surface area contributed by atoms with Crippen molar-refractivity contribution in [2.45, 2.75) is 33.3 Å². The normalized spacial score (nSPS) is 12.5. The third-order valence-electron chi connectivity index (χ3n) is 3.25. The van der Waals surface area contributed by atoms with Crippen molar-refractivity contribution in [3.8, 4) is 11.4 Å². The Bertz CT molecular complexity index is 690. The van der Waals surface area contributed by atoms with E-state index in [0.717, 1.165) is 11.4 Å². The van der Waals surface area contributed by atoms with Gasteiger partial charge in [0.2, 0.25) is 0 Å². The monoisotopic (exact) mass is 346 g/mol. The first-order chi connectivity index (χ1) is 11.7. The third-order valence-corrected chi connectivity index (χ3v) is 3.25. The van der Waals surface area contributed by atoms with Crippen molar-refractivity contribution in [1.82, 2.24) is 25.1 Å². The maximum atomic E-state index is 11.6. The maximum Gasteiger partial charge on any atom is 0.407 e. The lowest BCUT2D eigenvalue weighted by atomic mass is 10.2. The summed E-state index contributed by atoms with van der Waals surface area (Å²) < 4.78 is 6.87. The van der Waals surface area contributed by atoms with E-state index >= 15 is 0 Å². The predicted molar refractivity (Wildman–Crippen MR) is 96.1 cm³/mol. The van der Waals surface area contributed by atoms with E-state index in [1.165, 1.54) is 0 Å². The number of rotatable bonds is 6. The van der Waals surface area contributed by atoms with E-state index in [-0.39, 0.29) is 5.92 Å². The number of alkyl carbamates (subject to hydrolysis) is 1. The van der Waals surface area contributed by atoms with Crippen LogP contribution < -0.4 is 10.6 Å². The molecule has 8 heteroatoms. The number of hydrogen-bond acceptors (Lipinski definition) is 6. The second-order valence-electron chi connectivity index (χ2n) is 7.04. The highest BCUT2D eigenvalue weighted by atomic mass is 16.6. The van der Waals surface area contributed by atoms with Crippen molar-refractivity contribution in [3.05, 3.63) is 24.7 Å². The van der Waals surface area contributed by atoms with E-state index in [4.69, 9.17) is 4.74 Å². The molecule has 1 atom stereocenters. The first-order valence-electron chi connectivity index (χ1n) is 8.26. The molecule has 2 rings (SSSR count). The third kappa shape index (κ3) is 6.40. The molecule has 2 aromatic rings. The van der Waals surface area contributed by atoms with Crippen LogP contribution in [0, 0.1) is 5.92 Å². The Morgan fingerprint density at radius 3 is 2.60 bits per heavy atom. The van der Waals surface area contributed by atoms with Crippen LogP contribution in [0.5, 0.6) is 0 Å². The molecule has 1 unspecified atom stereocenters. The standard InChI is InChI=1S/C17H26N6O2/c1-12(9-20-16(24)25-17(2,3)4)8-18-14-7-6-13(10-19-14)15-21-11-23(5)22-15/h6-7,10-12H,8-9H2,1-5H3,(H,18,19)(H,20,24). The molecule has 0 bridgehead atoms. The molecular formula is C17H26N6O2. The van der Waals surface area contributed by atoms with E-state index in [1.807, 2.05) is 46.9 Å². The number of anilines is 1. The van der Waals surface area contributed by atoms with Crippen molar-refractivity contribution in [1.29, 1.82) is 0 Å². The van der Waals surface area contributed by atoms with E-state index in [9.17, 15) is 4.79 Å². The molecule has 2 heterocycles. The molecule has 0 radical (unpaired) electrons. The Morgan fingerprint density at radius 1 is 1.28 bits per heavy atom. The van der Waals surface area contributed by atoms with Gasteiger partial charge in [0, 0.05) is 31.9 Å². The van der Waals surface area contributed by atoms with Gasteiger partial charge in [-0.15, -0.1) is 0 Å². The summed E-state index contributed by atoms with van der Waals surface area (Å²) in [5.41, 5.74) is 0.380. The number of amides is 1. The minimum Gasteiger partial charge on any atom is -0.444 e. The fraction of sp³-hybridized carbons (Fsp3) is 0.529. The zero-order valence-corrected chi connectivity index (χ0v) is 15.4. The number of nitrogens with one attached hydrogen (secondary N) is 2. The molecule has 0 aliphatic heterocycles. The van der Waals surface area contributed by atoms with Gasteiger partial charge in [-0.1, -0.05) is 6.92 Å². The number of aromatic nitrogens is 4. The van der Waals surface area contributed by atoms with Gasteiger partial charge in [0.05, 0.1) is 0 Å². The molecule has 0 saturated heterocycles. The van der Waals surface area contributed by atoms with Gasteiger partial charge in [0.25, 0.3) is 0 Å². The molecular weight excluding hydrogens is 320 g/mol. The molecule has 0 spiro atoms. The van der Waals surface area contributed by atoms with Gasteiger partial charge in [-0.25, -0.2) is 14.8 Å². The van der Waals surface area contributed by atoms with Crippen molar-refractivity contribution in [2.24, 2.45) is 13.0 Å². The van der Waals surface area contributed by atoms with Crippen LogP contribution in [-0.2, 0) is 11.8 Å². The number of nitrogens with zero attached hydrogens (tertiary/aromatic N) is 4. The van der Waals surface area contributed by atoms with Gasteiger partial charge >= 0.3 is 6.09 Å². The second-order valence-corrected chi connectivity index (χ2v) is 7.04. The highest BCUT2D eigenvalue weighted by molar-refractivity contribution is 5.67. The van der Waals surface area contributed by atoms with Crippen LogP contribution in [-0.4, -0.2) is 44.5 Å². The van der Waals surface area contributed by atoms with Crippen LogP contribution in [0.4, 0.5) is 10.6 Å². The average Bonchev–Trinajstić information content (AvgIpc) is 2.96. The van der Waals surface area contributed by atoms with Crippen molar-refractivity contribution in [2.75, 3.05) is 18.4 Å². The highest BCUT2D eigenvalue weighted by Gasteiger charge is 2.16. The molecule has 25 heavy (non-hydrogen) atoms. The van der Waals surface area contributed by atoms with Gasteiger partial charge in [-0.2, -0.15) is 5.10 Å². The fourth-order valence-corrected chi connectivity index (χ4v) is 2.02. The number of pyridine rings is 1. The van der Waals surface area contributed by atoms with Crippen molar-refractivity contribution >= 4 is 11.9 Å². The van der Waals surface area contributed by atoms with Crippen molar-refractivity contribution in [3.63, 3.8) is 0 Å². The first kappa shape index (κ1) is 18.7. The summed E-state index contributed by atoms with van der Waals surface area (Å²) in [6.45, 7) is 8.77. The Morgan fingerprint density at radius 2 is 2.04 bits per heavy atom. The number of hydrogen-bond donors (Lipinski definition) is 2. The first-order valence-corrected chi connectivity index (χ1v) is 8.26. The number of aryl methyl sites for hydroxylation is 1. The lowest BCUT2D eigenvalue weighted by Crippen LogP contribution is -2.36. The molecule has 2 N–H and O–H groups in total.